The van der Waals surface area contributed by atoms with E-state index in [2.05, 4.69) is 5.32 Å². The van der Waals surface area contributed by atoms with Crippen LogP contribution in [-0.4, -0.2) is 23.5 Å². The van der Waals surface area contributed by atoms with Crippen LogP contribution in [0.5, 0.6) is 0 Å². The first kappa shape index (κ1) is 10.3. The highest BCUT2D eigenvalue weighted by molar-refractivity contribution is 5.92. The number of allylic oxidation sites excluding steroid dienone is 2. The van der Waals surface area contributed by atoms with Crippen LogP contribution in [0.3, 0.4) is 0 Å². The monoisotopic (exact) mass is 183 g/mol. The number of hydrogen-bond donors (Lipinski definition) is 2. The lowest BCUT2D eigenvalue weighted by atomic mass is 10.2. The third-order valence-corrected chi connectivity index (χ3v) is 2.13. The Bertz CT molecular complexity index is 209. The Balaban J connectivity index is 2.06. The highest BCUT2D eigenvalue weighted by Gasteiger charge is 2.10. The summed E-state index contributed by atoms with van der Waals surface area (Å²) in [6, 6.07) is 0. The summed E-state index contributed by atoms with van der Waals surface area (Å²) < 4.78 is 0. The van der Waals surface area contributed by atoms with Gasteiger partial charge >= 0.3 is 0 Å². The largest absolute Gasteiger partial charge is 0.393 e. The standard InChI is InChI=1S/C10H17NO2/c1-8(12)3-2-6-11-9-4-5-10(13)7-9/h7-8,11-12H,2-6H2,1H3. The molecule has 3 heteroatoms. The molecule has 1 aliphatic rings. The van der Waals surface area contributed by atoms with E-state index in [1.807, 2.05) is 0 Å². The van der Waals surface area contributed by atoms with E-state index < -0.39 is 0 Å². The van der Waals surface area contributed by atoms with Gasteiger partial charge in [-0.3, -0.25) is 4.79 Å². The topological polar surface area (TPSA) is 49.3 Å². The van der Waals surface area contributed by atoms with E-state index in [1.54, 1.807) is 13.0 Å². The van der Waals surface area contributed by atoms with Gasteiger partial charge in [-0.05, 0) is 26.2 Å². The Labute approximate surface area is 78.8 Å². The molecule has 74 valence electrons. The van der Waals surface area contributed by atoms with Crippen LogP contribution in [0.25, 0.3) is 0 Å². The molecular weight excluding hydrogens is 166 g/mol. The molecule has 1 unspecified atom stereocenters. The summed E-state index contributed by atoms with van der Waals surface area (Å²) in [6.45, 7) is 2.64. The first-order valence-electron chi connectivity index (χ1n) is 4.84. The molecule has 0 aromatic carbocycles. The maximum atomic E-state index is 10.8. The second-order valence-corrected chi connectivity index (χ2v) is 3.55. The van der Waals surface area contributed by atoms with Crippen LogP contribution >= 0.6 is 0 Å². The molecule has 0 saturated heterocycles. The van der Waals surface area contributed by atoms with E-state index in [0.717, 1.165) is 31.5 Å². The van der Waals surface area contributed by atoms with Crippen molar-refractivity contribution in [1.82, 2.24) is 5.32 Å². The molecule has 13 heavy (non-hydrogen) atoms. The van der Waals surface area contributed by atoms with Crippen molar-refractivity contribution in [2.45, 2.75) is 38.7 Å². The number of carbonyl (C=O) groups excluding carboxylic acids is 1. The van der Waals surface area contributed by atoms with Gasteiger partial charge in [0, 0.05) is 24.7 Å². The average Bonchev–Trinajstić information content (AvgIpc) is 2.45. The van der Waals surface area contributed by atoms with Crippen molar-refractivity contribution >= 4 is 5.78 Å². The molecule has 0 aliphatic heterocycles. The highest BCUT2D eigenvalue weighted by Crippen LogP contribution is 2.11. The predicted molar refractivity (Wildman–Crippen MR) is 51.2 cm³/mol. The number of rotatable bonds is 5. The Kier molecular flexibility index (Phi) is 3.96. The molecule has 1 aliphatic carbocycles. The van der Waals surface area contributed by atoms with Crippen LogP contribution in [0.1, 0.15) is 32.6 Å². The number of ketones is 1. The van der Waals surface area contributed by atoms with E-state index in [4.69, 9.17) is 5.11 Å². The molecule has 0 radical (unpaired) electrons. The summed E-state index contributed by atoms with van der Waals surface area (Å²) in [4.78, 5) is 10.8. The van der Waals surface area contributed by atoms with Gasteiger partial charge < -0.3 is 10.4 Å². The van der Waals surface area contributed by atoms with Crippen LogP contribution in [-0.2, 0) is 4.79 Å². The first-order valence-corrected chi connectivity index (χ1v) is 4.84. The Morgan fingerprint density at radius 3 is 2.92 bits per heavy atom. The highest BCUT2D eigenvalue weighted by atomic mass is 16.3. The fraction of sp³-hybridized carbons (Fsp3) is 0.700. The van der Waals surface area contributed by atoms with Gasteiger partial charge in [-0.1, -0.05) is 0 Å². The van der Waals surface area contributed by atoms with Gasteiger partial charge in [-0.15, -0.1) is 0 Å². The normalized spacial score (nSPS) is 18.6. The quantitative estimate of drug-likeness (QED) is 0.625. The maximum Gasteiger partial charge on any atom is 0.157 e. The fourth-order valence-electron chi connectivity index (χ4n) is 1.38. The van der Waals surface area contributed by atoms with Crippen molar-refractivity contribution in [1.29, 1.82) is 0 Å². The molecule has 0 bridgehead atoms. The summed E-state index contributed by atoms with van der Waals surface area (Å²) in [5.74, 6) is 0.220. The van der Waals surface area contributed by atoms with Gasteiger partial charge in [0.05, 0.1) is 6.10 Å². The second kappa shape index (κ2) is 5.02. The van der Waals surface area contributed by atoms with E-state index in [-0.39, 0.29) is 11.9 Å². The van der Waals surface area contributed by atoms with Crippen molar-refractivity contribution in [3.05, 3.63) is 11.8 Å². The summed E-state index contributed by atoms with van der Waals surface area (Å²) in [6.07, 6.45) is 4.73. The number of aliphatic hydroxyl groups excluding tert-OH is 1. The summed E-state index contributed by atoms with van der Waals surface area (Å²) in [7, 11) is 0. The lowest BCUT2D eigenvalue weighted by Crippen LogP contribution is -2.15. The van der Waals surface area contributed by atoms with E-state index >= 15 is 0 Å². The van der Waals surface area contributed by atoms with Crippen molar-refractivity contribution in [3.8, 4) is 0 Å². The van der Waals surface area contributed by atoms with Crippen LogP contribution in [0.2, 0.25) is 0 Å². The summed E-state index contributed by atoms with van der Waals surface area (Å²) in [5, 5.41) is 12.2. The summed E-state index contributed by atoms with van der Waals surface area (Å²) in [5.41, 5.74) is 1.05. The van der Waals surface area contributed by atoms with Gasteiger partial charge in [0.25, 0.3) is 0 Å². The summed E-state index contributed by atoms with van der Waals surface area (Å²) >= 11 is 0. The molecule has 0 spiro atoms. The fourth-order valence-corrected chi connectivity index (χ4v) is 1.38. The first-order chi connectivity index (χ1) is 6.18. The second-order valence-electron chi connectivity index (χ2n) is 3.55. The van der Waals surface area contributed by atoms with Gasteiger partial charge in [0.15, 0.2) is 5.78 Å². The molecular formula is C10H17NO2. The number of hydrogen-bond acceptors (Lipinski definition) is 3. The molecule has 0 aromatic heterocycles. The van der Waals surface area contributed by atoms with Crippen LogP contribution in [0.4, 0.5) is 0 Å². The maximum absolute atomic E-state index is 10.8. The van der Waals surface area contributed by atoms with Gasteiger partial charge in [0.2, 0.25) is 0 Å². The number of carbonyl (C=O) groups is 1. The molecule has 3 nitrogen and oxygen atoms in total. The third kappa shape index (κ3) is 4.08. The Morgan fingerprint density at radius 1 is 1.62 bits per heavy atom. The van der Waals surface area contributed by atoms with E-state index in [0.29, 0.717) is 6.42 Å². The Morgan fingerprint density at radius 2 is 2.38 bits per heavy atom. The zero-order valence-electron chi connectivity index (χ0n) is 8.05. The molecule has 0 heterocycles. The van der Waals surface area contributed by atoms with E-state index in [1.165, 1.54) is 0 Å². The van der Waals surface area contributed by atoms with Gasteiger partial charge in [0.1, 0.15) is 0 Å². The molecule has 0 aromatic rings. The van der Waals surface area contributed by atoms with Crippen LogP contribution in [0.15, 0.2) is 11.8 Å². The lowest BCUT2D eigenvalue weighted by Gasteiger charge is -2.07. The van der Waals surface area contributed by atoms with Crippen molar-refractivity contribution in [2.24, 2.45) is 0 Å². The molecule has 1 rings (SSSR count). The minimum atomic E-state index is -0.221. The van der Waals surface area contributed by atoms with E-state index in [9.17, 15) is 4.79 Å². The van der Waals surface area contributed by atoms with Crippen LogP contribution < -0.4 is 5.32 Å². The average molecular weight is 183 g/mol. The molecule has 2 N–H and O–H groups in total. The molecule has 0 fully saturated rings. The predicted octanol–water partition coefficient (Wildman–Crippen LogP) is 0.984. The SMILES string of the molecule is CC(O)CCCNC1=CC(=O)CC1. The molecule has 0 amide bonds. The Hall–Kier alpha value is -0.830. The van der Waals surface area contributed by atoms with Gasteiger partial charge in [-0.25, -0.2) is 0 Å². The number of nitrogens with one attached hydrogen (secondary N) is 1. The van der Waals surface area contributed by atoms with Crippen molar-refractivity contribution in [3.63, 3.8) is 0 Å². The smallest absolute Gasteiger partial charge is 0.157 e. The molecule has 0 saturated carbocycles. The third-order valence-electron chi connectivity index (χ3n) is 2.13. The lowest BCUT2D eigenvalue weighted by molar-refractivity contribution is -0.114. The van der Waals surface area contributed by atoms with Crippen molar-refractivity contribution < 1.29 is 9.90 Å². The minimum Gasteiger partial charge on any atom is -0.393 e. The molecule has 1 atom stereocenters. The van der Waals surface area contributed by atoms with Crippen molar-refractivity contribution in [2.75, 3.05) is 6.54 Å². The number of aliphatic hydroxyl groups is 1. The zero-order valence-corrected chi connectivity index (χ0v) is 8.05. The van der Waals surface area contributed by atoms with Gasteiger partial charge in [-0.2, -0.15) is 0 Å². The zero-order chi connectivity index (χ0) is 9.68. The van der Waals surface area contributed by atoms with Crippen LogP contribution in [0, 0.1) is 0 Å². The minimum absolute atomic E-state index is 0.220.